The predicted octanol–water partition coefficient (Wildman–Crippen LogP) is 2.68. The molecule has 1 atom stereocenters. The molecule has 0 aliphatic heterocycles. The van der Waals surface area contributed by atoms with Gasteiger partial charge in [-0.1, -0.05) is 12.1 Å². The molecule has 0 spiro atoms. The van der Waals surface area contributed by atoms with Crippen molar-refractivity contribution in [3.63, 3.8) is 0 Å². The fraction of sp³-hybridized carbons (Fsp3) is 0.400. The molecule has 5 heteroatoms. The lowest BCUT2D eigenvalue weighted by molar-refractivity contribution is -0.206. The second-order valence-electron chi connectivity index (χ2n) is 2.95. The third-order valence-electron chi connectivity index (χ3n) is 1.79. The third kappa shape index (κ3) is 3.13. The fourth-order valence-electron chi connectivity index (χ4n) is 1.13. The highest BCUT2D eigenvalue weighted by Gasteiger charge is 2.39. The van der Waals surface area contributed by atoms with Crippen molar-refractivity contribution < 1.29 is 23.0 Å². The average Bonchev–Trinajstić information content (AvgIpc) is 2.16. The number of alkyl halides is 3. The predicted molar refractivity (Wildman–Crippen MR) is 48.6 cm³/mol. The van der Waals surface area contributed by atoms with Crippen LogP contribution in [0.15, 0.2) is 24.3 Å². The highest BCUT2D eigenvalue weighted by molar-refractivity contribution is 5.30. The van der Waals surface area contributed by atoms with Gasteiger partial charge in [-0.05, 0) is 24.6 Å². The molecule has 0 aromatic heterocycles. The topological polar surface area (TPSA) is 29.5 Å². The first-order valence-corrected chi connectivity index (χ1v) is 4.42. The van der Waals surface area contributed by atoms with Gasteiger partial charge < -0.3 is 9.84 Å². The number of hydrogen-bond acceptors (Lipinski definition) is 2. The van der Waals surface area contributed by atoms with Gasteiger partial charge in [0.15, 0.2) is 6.10 Å². The van der Waals surface area contributed by atoms with Crippen LogP contribution in [0.1, 0.15) is 18.6 Å². The Bertz CT molecular complexity index is 323. The quantitative estimate of drug-likeness (QED) is 0.848. The van der Waals surface area contributed by atoms with Crippen molar-refractivity contribution in [3.8, 4) is 5.75 Å². The second-order valence-corrected chi connectivity index (χ2v) is 2.95. The Kier molecular flexibility index (Phi) is 3.57. The van der Waals surface area contributed by atoms with Gasteiger partial charge >= 0.3 is 6.18 Å². The molecule has 2 nitrogen and oxygen atoms in total. The minimum atomic E-state index is -4.65. The van der Waals surface area contributed by atoms with Crippen LogP contribution in [0.25, 0.3) is 0 Å². The number of aliphatic hydroxyl groups excluding tert-OH is 1. The number of hydrogen-bond donors (Lipinski definition) is 1. The van der Waals surface area contributed by atoms with Crippen LogP contribution in [0.5, 0.6) is 5.75 Å². The van der Waals surface area contributed by atoms with Gasteiger partial charge in [-0.15, -0.1) is 0 Å². The highest BCUT2D eigenvalue weighted by atomic mass is 19.4. The van der Waals surface area contributed by atoms with Gasteiger partial charge in [0.2, 0.25) is 0 Å². The van der Waals surface area contributed by atoms with Gasteiger partial charge in [-0.2, -0.15) is 13.2 Å². The van der Waals surface area contributed by atoms with E-state index in [9.17, 15) is 13.2 Å². The molecule has 0 unspecified atom stereocenters. The first-order valence-electron chi connectivity index (χ1n) is 4.42. The summed E-state index contributed by atoms with van der Waals surface area (Å²) in [7, 11) is 0. The van der Waals surface area contributed by atoms with Gasteiger partial charge in [0.25, 0.3) is 0 Å². The van der Waals surface area contributed by atoms with Crippen LogP contribution in [-0.4, -0.2) is 17.9 Å². The minimum Gasteiger partial charge on any atom is -0.494 e. The molecule has 0 radical (unpaired) electrons. The summed E-state index contributed by atoms with van der Waals surface area (Å²) >= 11 is 0. The summed E-state index contributed by atoms with van der Waals surface area (Å²) in [6, 6.07) is 5.34. The number of benzene rings is 1. The summed E-state index contributed by atoms with van der Waals surface area (Å²) in [5.74, 6) is 0.318. The number of ether oxygens (including phenoxy) is 1. The first kappa shape index (κ1) is 11.8. The summed E-state index contributed by atoms with van der Waals surface area (Å²) in [5.41, 5.74) is -0.214. The van der Waals surface area contributed by atoms with Crippen LogP contribution in [0.2, 0.25) is 0 Å². The summed E-state index contributed by atoms with van der Waals surface area (Å²) < 4.78 is 41.5. The first-order chi connectivity index (χ1) is 6.95. The van der Waals surface area contributed by atoms with Crippen LogP contribution >= 0.6 is 0 Å². The van der Waals surface area contributed by atoms with E-state index in [0.29, 0.717) is 12.4 Å². The van der Waals surface area contributed by atoms with E-state index in [1.165, 1.54) is 24.3 Å². The van der Waals surface area contributed by atoms with Gasteiger partial charge in [-0.25, -0.2) is 0 Å². The Labute approximate surface area is 85.3 Å². The molecule has 0 amide bonds. The normalized spacial score (nSPS) is 13.7. The molecule has 15 heavy (non-hydrogen) atoms. The van der Waals surface area contributed by atoms with Gasteiger partial charge in [0.1, 0.15) is 5.75 Å². The molecule has 0 heterocycles. The second kappa shape index (κ2) is 4.53. The zero-order valence-corrected chi connectivity index (χ0v) is 8.08. The van der Waals surface area contributed by atoms with Crippen molar-refractivity contribution in [2.24, 2.45) is 0 Å². The molecule has 1 rings (SSSR count). The molecule has 1 aromatic rings. The number of halogens is 3. The van der Waals surface area contributed by atoms with E-state index in [0.717, 1.165) is 0 Å². The van der Waals surface area contributed by atoms with Gasteiger partial charge in [0, 0.05) is 0 Å². The van der Waals surface area contributed by atoms with Crippen LogP contribution in [0, 0.1) is 0 Å². The molecule has 1 aromatic carbocycles. The van der Waals surface area contributed by atoms with Crippen LogP contribution in [0.3, 0.4) is 0 Å². The maximum Gasteiger partial charge on any atom is 0.418 e. The lowest BCUT2D eigenvalue weighted by Crippen LogP contribution is -2.20. The van der Waals surface area contributed by atoms with E-state index in [1.54, 1.807) is 6.92 Å². The van der Waals surface area contributed by atoms with Crippen molar-refractivity contribution >= 4 is 0 Å². The molecule has 0 fully saturated rings. The molecule has 0 bridgehead atoms. The van der Waals surface area contributed by atoms with Crippen molar-refractivity contribution in [2.45, 2.75) is 19.2 Å². The zero-order valence-electron chi connectivity index (χ0n) is 8.08. The molecule has 0 saturated carbocycles. The Morgan fingerprint density at radius 2 is 2.07 bits per heavy atom. The van der Waals surface area contributed by atoms with E-state index in [-0.39, 0.29) is 5.56 Å². The largest absolute Gasteiger partial charge is 0.494 e. The van der Waals surface area contributed by atoms with Crippen molar-refractivity contribution in [2.75, 3.05) is 6.61 Å². The van der Waals surface area contributed by atoms with Gasteiger partial charge in [0.05, 0.1) is 6.61 Å². The van der Waals surface area contributed by atoms with Crippen molar-refractivity contribution in [3.05, 3.63) is 29.8 Å². The molecule has 0 saturated heterocycles. The molecule has 0 aliphatic rings. The van der Waals surface area contributed by atoms with Crippen LogP contribution < -0.4 is 4.74 Å². The summed E-state index contributed by atoms with van der Waals surface area (Å²) in [4.78, 5) is 0. The van der Waals surface area contributed by atoms with Crippen molar-refractivity contribution in [1.82, 2.24) is 0 Å². The van der Waals surface area contributed by atoms with E-state index in [4.69, 9.17) is 9.84 Å². The van der Waals surface area contributed by atoms with Crippen LogP contribution in [0.4, 0.5) is 13.2 Å². The van der Waals surface area contributed by atoms with E-state index >= 15 is 0 Å². The van der Waals surface area contributed by atoms with E-state index in [2.05, 4.69) is 0 Å². The molecular formula is C10H11F3O2. The Morgan fingerprint density at radius 1 is 1.40 bits per heavy atom. The van der Waals surface area contributed by atoms with E-state index in [1.807, 2.05) is 0 Å². The van der Waals surface area contributed by atoms with Crippen molar-refractivity contribution in [1.29, 1.82) is 0 Å². The standard InChI is InChI=1S/C10H11F3O2/c1-2-15-8-5-3-4-7(6-8)9(14)10(11,12)13/h3-6,9,14H,2H2,1H3/t9-/m1/s1. The SMILES string of the molecule is CCOc1cccc([C@@H](O)C(F)(F)F)c1. The molecular weight excluding hydrogens is 209 g/mol. The lowest BCUT2D eigenvalue weighted by atomic mass is 10.1. The lowest BCUT2D eigenvalue weighted by Gasteiger charge is -2.15. The average molecular weight is 220 g/mol. The highest BCUT2D eigenvalue weighted by Crippen LogP contribution is 2.33. The fourth-order valence-corrected chi connectivity index (χ4v) is 1.13. The Morgan fingerprint density at radius 3 is 2.60 bits per heavy atom. The maximum absolute atomic E-state index is 12.2. The number of aliphatic hydroxyl groups is 1. The summed E-state index contributed by atoms with van der Waals surface area (Å²) in [6.45, 7) is 2.10. The number of rotatable bonds is 3. The van der Waals surface area contributed by atoms with Crippen LogP contribution in [-0.2, 0) is 0 Å². The van der Waals surface area contributed by atoms with Gasteiger partial charge in [-0.3, -0.25) is 0 Å². The molecule has 1 N–H and O–H groups in total. The Balaban J connectivity index is 2.90. The molecule has 84 valence electrons. The zero-order chi connectivity index (χ0) is 11.5. The smallest absolute Gasteiger partial charge is 0.418 e. The maximum atomic E-state index is 12.2. The summed E-state index contributed by atoms with van der Waals surface area (Å²) in [5, 5.41) is 8.97. The Hall–Kier alpha value is -1.23. The van der Waals surface area contributed by atoms with E-state index < -0.39 is 12.3 Å². The summed E-state index contributed by atoms with van der Waals surface area (Å²) in [6.07, 6.45) is -7.11. The minimum absolute atomic E-state index is 0.214. The molecule has 0 aliphatic carbocycles. The monoisotopic (exact) mass is 220 g/mol. The third-order valence-corrected chi connectivity index (χ3v) is 1.79.